The number of alkyl halides is 3. The molecule has 0 aliphatic heterocycles. The summed E-state index contributed by atoms with van der Waals surface area (Å²) < 4.78 is 41.4. The van der Waals surface area contributed by atoms with Crippen LogP contribution in [0, 0.1) is 19.8 Å². The molecule has 7 nitrogen and oxygen atoms in total. The van der Waals surface area contributed by atoms with Gasteiger partial charge in [0.15, 0.2) is 11.5 Å². The van der Waals surface area contributed by atoms with Crippen molar-refractivity contribution in [2.24, 2.45) is 5.92 Å². The second kappa shape index (κ2) is 8.54. The van der Waals surface area contributed by atoms with E-state index in [0.717, 1.165) is 54.5 Å². The van der Waals surface area contributed by atoms with E-state index in [-0.39, 0.29) is 23.6 Å². The first-order valence-corrected chi connectivity index (χ1v) is 12.6. The van der Waals surface area contributed by atoms with Crippen LogP contribution in [0.4, 0.5) is 19.0 Å². The molecular weight excluding hydrogens is 495 g/mol. The number of aryl methyl sites for hydroxylation is 2. The lowest BCUT2D eigenvalue weighted by Crippen LogP contribution is -2.25. The van der Waals surface area contributed by atoms with Crippen LogP contribution in [0.2, 0.25) is 0 Å². The summed E-state index contributed by atoms with van der Waals surface area (Å²) >= 11 is 0. The van der Waals surface area contributed by atoms with Crippen molar-refractivity contribution in [1.82, 2.24) is 19.5 Å². The van der Waals surface area contributed by atoms with E-state index in [0.29, 0.717) is 28.6 Å². The number of nitrogens with zero attached hydrogens (tertiary/aromatic N) is 4. The highest BCUT2D eigenvalue weighted by Crippen LogP contribution is 2.55. The number of hydrogen-bond donors (Lipinski definition) is 2. The molecule has 0 bridgehead atoms. The second-order valence-corrected chi connectivity index (χ2v) is 10.5. The molecule has 0 radical (unpaired) electrons. The van der Waals surface area contributed by atoms with E-state index >= 15 is 0 Å². The zero-order valence-corrected chi connectivity index (χ0v) is 20.9. The fourth-order valence-electron chi connectivity index (χ4n) is 5.27. The molecule has 10 heteroatoms. The lowest BCUT2D eigenvalue weighted by atomic mass is 10.0. The summed E-state index contributed by atoms with van der Waals surface area (Å²) in [5.41, 5.74) is 3.44. The zero-order chi connectivity index (χ0) is 26.8. The van der Waals surface area contributed by atoms with Crippen LogP contribution >= 0.6 is 0 Å². The number of carboxylic acids is 1. The van der Waals surface area contributed by atoms with Crippen LogP contribution in [-0.2, 0) is 12.7 Å². The summed E-state index contributed by atoms with van der Waals surface area (Å²) in [4.78, 5) is 25.3. The molecule has 0 atom stereocenters. The predicted molar refractivity (Wildman–Crippen MR) is 136 cm³/mol. The standard InChI is InChI=1S/C28H26F3N5O2/c1-15-3-10-20(16(2)13-15)25-34-22-21(36(25)14-17-4-6-19(7-5-17)28(29,30)31)23(33-24(32-22)26(37)38)35-27(11-12-27)18-8-9-18/h3-7,10,13,18H,8-9,11-12,14H2,1-2H3,(H,37,38)(H,32,33,35). The maximum atomic E-state index is 13.2. The van der Waals surface area contributed by atoms with Gasteiger partial charge in [-0.15, -0.1) is 0 Å². The van der Waals surface area contributed by atoms with Crippen molar-refractivity contribution >= 4 is 23.0 Å². The summed E-state index contributed by atoms with van der Waals surface area (Å²) in [6.07, 6.45) is -0.244. The van der Waals surface area contributed by atoms with Crippen LogP contribution in [0.3, 0.4) is 0 Å². The van der Waals surface area contributed by atoms with E-state index in [9.17, 15) is 23.1 Å². The van der Waals surface area contributed by atoms with E-state index in [2.05, 4.69) is 15.3 Å². The maximum absolute atomic E-state index is 13.2. The molecule has 6 rings (SSSR count). The quantitative estimate of drug-likeness (QED) is 0.300. The topological polar surface area (TPSA) is 92.9 Å². The average molecular weight is 522 g/mol. The van der Waals surface area contributed by atoms with E-state index in [1.807, 2.05) is 36.6 Å². The summed E-state index contributed by atoms with van der Waals surface area (Å²) in [6, 6.07) is 11.0. The monoisotopic (exact) mass is 521 g/mol. The number of benzene rings is 2. The van der Waals surface area contributed by atoms with Crippen LogP contribution in [0.5, 0.6) is 0 Å². The molecule has 38 heavy (non-hydrogen) atoms. The number of halogens is 3. The largest absolute Gasteiger partial charge is 0.475 e. The van der Waals surface area contributed by atoms with Crippen LogP contribution < -0.4 is 5.32 Å². The van der Waals surface area contributed by atoms with Gasteiger partial charge in [0, 0.05) is 17.6 Å². The molecule has 0 spiro atoms. The maximum Gasteiger partial charge on any atom is 0.416 e. The van der Waals surface area contributed by atoms with Gasteiger partial charge in [0.25, 0.3) is 0 Å². The molecule has 196 valence electrons. The van der Waals surface area contributed by atoms with Crippen molar-refractivity contribution in [2.75, 3.05) is 5.32 Å². The zero-order valence-electron chi connectivity index (χ0n) is 20.9. The fourth-order valence-corrected chi connectivity index (χ4v) is 5.27. The Morgan fingerprint density at radius 2 is 1.79 bits per heavy atom. The van der Waals surface area contributed by atoms with E-state index in [1.165, 1.54) is 12.1 Å². The highest BCUT2D eigenvalue weighted by atomic mass is 19.4. The Morgan fingerprint density at radius 3 is 2.37 bits per heavy atom. The molecule has 2 N–H and O–H groups in total. The average Bonchev–Trinajstić information content (AvgIpc) is 3.77. The minimum atomic E-state index is -4.43. The number of rotatable bonds is 7. The molecule has 2 fully saturated rings. The number of hydrogen-bond acceptors (Lipinski definition) is 5. The molecule has 0 unspecified atom stereocenters. The van der Waals surface area contributed by atoms with E-state index in [4.69, 9.17) is 4.98 Å². The van der Waals surface area contributed by atoms with Crippen molar-refractivity contribution in [1.29, 1.82) is 0 Å². The van der Waals surface area contributed by atoms with Gasteiger partial charge >= 0.3 is 12.1 Å². The number of aromatic carboxylic acids is 1. The SMILES string of the molecule is Cc1ccc(-c2nc3nc(C(=O)O)nc(NC4(C5CC5)CC4)c3n2Cc2ccc(C(F)(F)F)cc2)c(C)c1. The Hall–Kier alpha value is -3.95. The number of aromatic nitrogens is 4. The van der Waals surface area contributed by atoms with Gasteiger partial charge in [-0.1, -0.05) is 35.9 Å². The summed E-state index contributed by atoms with van der Waals surface area (Å²) in [5.74, 6) is -0.138. The predicted octanol–water partition coefficient (Wildman–Crippen LogP) is 6.23. The van der Waals surface area contributed by atoms with Gasteiger partial charge in [0.2, 0.25) is 5.82 Å². The molecule has 2 aromatic heterocycles. The highest BCUT2D eigenvalue weighted by molar-refractivity contribution is 5.92. The summed E-state index contributed by atoms with van der Waals surface area (Å²) in [5, 5.41) is 13.3. The number of carboxylic acid groups (broad SMARTS) is 1. The Kier molecular flexibility index (Phi) is 5.48. The molecule has 2 heterocycles. The van der Waals surface area contributed by atoms with Crippen molar-refractivity contribution in [3.8, 4) is 11.4 Å². The molecule has 0 amide bonds. The molecular formula is C28H26F3N5O2. The number of anilines is 1. The first-order chi connectivity index (χ1) is 18.0. The number of imidazole rings is 1. The Labute approximate surface area is 216 Å². The van der Waals surface area contributed by atoms with Gasteiger partial charge in [-0.05, 0) is 68.7 Å². The second-order valence-electron chi connectivity index (χ2n) is 10.5. The van der Waals surface area contributed by atoms with E-state index < -0.39 is 17.7 Å². The third kappa shape index (κ3) is 4.37. The third-order valence-corrected chi connectivity index (χ3v) is 7.55. The van der Waals surface area contributed by atoms with Crippen molar-refractivity contribution in [2.45, 2.75) is 57.8 Å². The van der Waals surface area contributed by atoms with Gasteiger partial charge < -0.3 is 15.0 Å². The lowest BCUT2D eigenvalue weighted by Gasteiger charge is -2.19. The lowest BCUT2D eigenvalue weighted by molar-refractivity contribution is -0.137. The normalized spacial score (nSPS) is 16.6. The number of fused-ring (bicyclic) bond motifs is 1. The summed E-state index contributed by atoms with van der Waals surface area (Å²) in [7, 11) is 0. The molecule has 2 saturated carbocycles. The van der Waals surface area contributed by atoms with Crippen LogP contribution in [0.1, 0.15) is 58.6 Å². The van der Waals surface area contributed by atoms with E-state index in [1.54, 1.807) is 0 Å². The minimum Gasteiger partial charge on any atom is -0.475 e. The highest BCUT2D eigenvalue weighted by Gasteiger charge is 2.54. The molecule has 2 aromatic carbocycles. The first kappa shape index (κ1) is 24.4. The summed E-state index contributed by atoms with van der Waals surface area (Å²) in [6.45, 7) is 4.16. The Morgan fingerprint density at radius 1 is 1.08 bits per heavy atom. The van der Waals surface area contributed by atoms with Gasteiger partial charge in [-0.2, -0.15) is 13.2 Å². The Balaban J connectivity index is 1.54. The molecule has 4 aromatic rings. The number of carbonyl (C=O) groups is 1. The third-order valence-electron chi connectivity index (χ3n) is 7.55. The first-order valence-electron chi connectivity index (χ1n) is 12.6. The van der Waals surface area contributed by atoms with Crippen molar-refractivity contribution in [3.05, 3.63) is 70.5 Å². The van der Waals surface area contributed by atoms with Crippen LogP contribution in [0.15, 0.2) is 42.5 Å². The minimum absolute atomic E-state index is 0.111. The smallest absolute Gasteiger partial charge is 0.416 e. The van der Waals surface area contributed by atoms with Crippen molar-refractivity contribution in [3.63, 3.8) is 0 Å². The van der Waals surface area contributed by atoms with Crippen LogP contribution in [-0.4, -0.2) is 36.1 Å². The molecule has 0 saturated heterocycles. The van der Waals surface area contributed by atoms with Gasteiger partial charge in [-0.3, -0.25) is 0 Å². The van der Waals surface area contributed by atoms with Gasteiger partial charge in [0.1, 0.15) is 11.3 Å². The van der Waals surface area contributed by atoms with Gasteiger partial charge in [-0.25, -0.2) is 19.7 Å². The van der Waals surface area contributed by atoms with Crippen LogP contribution in [0.25, 0.3) is 22.6 Å². The fraction of sp³-hybridized carbons (Fsp3) is 0.357. The molecule has 2 aliphatic rings. The van der Waals surface area contributed by atoms with Gasteiger partial charge in [0.05, 0.1) is 5.56 Å². The molecule has 2 aliphatic carbocycles. The Bertz CT molecular complexity index is 1570. The van der Waals surface area contributed by atoms with Crippen molar-refractivity contribution < 1.29 is 23.1 Å². The number of nitrogens with one attached hydrogen (secondary N) is 1.